The van der Waals surface area contributed by atoms with Gasteiger partial charge in [-0.3, -0.25) is 9.58 Å². The Morgan fingerprint density at radius 3 is 2.90 bits per heavy atom. The van der Waals surface area contributed by atoms with Crippen LogP contribution < -0.4 is 5.32 Å². The lowest BCUT2D eigenvalue weighted by Crippen LogP contribution is -2.53. The zero-order valence-electron chi connectivity index (χ0n) is 13.9. The molecule has 2 rings (SSSR count). The van der Waals surface area contributed by atoms with Gasteiger partial charge in [-0.1, -0.05) is 13.8 Å². The molecule has 0 radical (unpaired) electrons. The second-order valence-corrected chi connectivity index (χ2v) is 5.98. The average Bonchev–Trinajstić information content (AvgIpc) is 2.77. The SMILES string of the molecule is CCCN1CCOC(C(Cc2cc(C)nn2C)NCC)C1. The van der Waals surface area contributed by atoms with E-state index < -0.39 is 0 Å². The number of aryl methyl sites for hydroxylation is 2. The molecule has 0 aromatic carbocycles. The van der Waals surface area contributed by atoms with Gasteiger partial charge in [0.15, 0.2) is 0 Å². The molecule has 1 aromatic rings. The van der Waals surface area contributed by atoms with Crippen LogP contribution in [0.2, 0.25) is 0 Å². The molecule has 1 aromatic heterocycles. The van der Waals surface area contributed by atoms with Crippen molar-refractivity contribution in [3.05, 3.63) is 17.5 Å². The number of hydrogen-bond acceptors (Lipinski definition) is 4. The molecule has 0 amide bonds. The molecular formula is C16H30N4O. The lowest BCUT2D eigenvalue weighted by molar-refractivity contribution is -0.0462. The maximum atomic E-state index is 6.05. The minimum atomic E-state index is 0.264. The van der Waals surface area contributed by atoms with Gasteiger partial charge in [0, 0.05) is 38.3 Å². The molecule has 0 spiro atoms. The third-order valence-electron chi connectivity index (χ3n) is 4.16. The van der Waals surface area contributed by atoms with E-state index in [9.17, 15) is 0 Å². The van der Waals surface area contributed by atoms with Crippen LogP contribution in [-0.2, 0) is 18.2 Å². The molecule has 5 heteroatoms. The highest BCUT2D eigenvalue weighted by Crippen LogP contribution is 2.14. The molecule has 2 heterocycles. The number of aromatic nitrogens is 2. The first-order valence-corrected chi connectivity index (χ1v) is 8.20. The average molecular weight is 294 g/mol. The van der Waals surface area contributed by atoms with Crippen molar-refractivity contribution < 1.29 is 4.74 Å². The number of morpholine rings is 1. The van der Waals surface area contributed by atoms with Crippen LogP contribution >= 0.6 is 0 Å². The van der Waals surface area contributed by atoms with E-state index in [1.807, 2.05) is 18.7 Å². The summed E-state index contributed by atoms with van der Waals surface area (Å²) in [5.41, 5.74) is 2.36. The molecule has 21 heavy (non-hydrogen) atoms. The van der Waals surface area contributed by atoms with Crippen molar-refractivity contribution in [2.24, 2.45) is 7.05 Å². The van der Waals surface area contributed by atoms with Crippen molar-refractivity contribution >= 4 is 0 Å². The van der Waals surface area contributed by atoms with Crippen molar-refractivity contribution in [1.82, 2.24) is 20.0 Å². The summed E-state index contributed by atoms with van der Waals surface area (Å²) in [6.07, 6.45) is 2.44. The second-order valence-electron chi connectivity index (χ2n) is 5.98. The van der Waals surface area contributed by atoms with Crippen molar-refractivity contribution in [3.63, 3.8) is 0 Å². The van der Waals surface area contributed by atoms with Crippen molar-refractivity contribution in [2.75, 3.05) is 32.8 Å². The lowest BCUT2D eigenvalue weighted by atomic mass is 10.0. The highest BCUT2D eigenvalue weighted by atomic mass is 16.5. The van der Waals surface area contributed by atoms with Crippen LogP contribution in [0.3, 0.4) is 0 Å². The lowest BCUT2D eigenvalue weighted by Gasteiger charge is -2.37. The molecule has 1 aliphatic rings. The molecule has 1 saturated heterocycles. The molecular weight excluding hydrogens is 264 g/mol. The van der Waals surface area contributed by atoms with E-state index in [0.29, 0.717) is 6.04 Å². The number of likely N-dealkylation sites (N-methyl/N-ethyl adjacent to an activating group) is 1. The van der Waals surface area contributed by atoms with E-state index in [1.165, 1.54) is 18.7 Å². The Morgan fingerprint density at radius 1 is 1.48 bits per heavy atom. The van der Waals surface area contributed by atoms with Crippen LogP contribution in [-0.4, -0.2) is 59.6 Å². The maximum Gasteiger partial charge on any atom is 0.0859 e. The highest BCUT2D eigenvalue weighted by Gasteiger charge is 2.28. The Balaban J connectivity index is 2.02. The standard InChI is InChI=1S/C16H30N4O/c1-5-7-20-8-9-21-16(12-20)15(17-6-2)11-14-10-13(3)18-19(14)4/h10,15-17H,5-9,11-12H2,1-4H3. The fraction of sp³-hybridized carbons (Fsp3) is 0.812. The molecule has 1 fully saturated rings. The molecule has 1 aliphatic heterocycles. The van der Waals surface area contributed by atoms with E-state index in [1.54, 1.807) is 0 Å². The third kappa shape index (κ3) is 4.53. The van der Waals surface area contributed by atoms with Gasteiger partial charge in [-0.05, 0) is 32.5 Å². The highest BCUT2D eigenvalue weighted by molar-refractivity contribution is 5.11. The van der Waals surface area contributed by atoms with E-state index in [-0.39, 0.29) is 6.10 Å². The Morgan fingerprint density at radius 2 is 2.29 bits per heavy atom. The van der Waals surface area contributed by atoms with Gasteiger partial charge in [-0.25, -0.2) is 0 Å². The van der Waals surface area contributed by atoms with Gasteiger partial charge in [-0.15, -0.1) is 0 Å². The first-order valence-electron chi connectivity index (χ1n) is 8.20. The number of hydrogen-bond donors (Lipinski definition) is 1. The molecule has 0 bridgehead atoms. The van der Waals surface area contributed by atoms with Crippen molar-refractivity contribution in [3.8, 4) is 0 Å². The molecule has 1 N–H and O–H groups in total. The Labute approximate surface area is 128 Å². The maximum absolute atomic E-state index is 6.05. The van der Waals surface area contributed by atoms with Gasteiger partial charge in [-0.2, -0.15) is 5.10 Å². The monoisotopic (exact) mass is 294 g/mol. The predicted octanol–water partition coefficient (Wildman–Crippen LogP) is 1.36. The largest absolute Gasteiger partial charge is 0.374 e. The summed E-state index contributed by atoms with van der Waals surface area (Å²) in [5, 5.41) is 8.06. The fourth-order valence-corrected chi connectivity index (χ4v) is 3.17. The summed E-state index contributed by atoms with van der Waals surface area (Å²) in [6.45, 7) is 11.5. The van der Waals surface area contributed by atoms with Crippen LogP contribution in [0.25, 0.3) is 0 Å². The molecule has 2 atom stereocenters. The van der Waals surface area contributed by atoms with Crippen LogP contribution in [0, 0.1) is 6.92 Å². The Hall–Kier alpha value is -0.910. The Bertz CT molecular complexity index is 430. The first-order chi connectivity index (χ1) is 10.1. The van der Waals surface area contributed by atoms with Crippen LogP contribution in [0.4, 0.5) is 0 Å². The summed E-state index contributed by atoms with van der Waals surface area (Å²) in [7, 11) is 2.02. The van der Waals surface area contributed by atoms with Crippen molar-refractivity contribution in [2.45, 2.75) is 45.8 Å². The molecule has 0 aliphatic carbocycles. The van der Waals surface area contributed by atoms with Gasteiger partial charge in [0.1, 0.15) is 0 Å². The van der Waals surface area contributed by atoms with E-state index >= 15 is 0 Å². The van der Waals surface area contributed by atoms with Crippen LogP contribution in [0.1, 0.15) is 31.7 Å². The van der Waals surface area contributed by atoms with Gasteiger partial charge < -0.3 is 10.1 Å². The minimum Gasteiger partial charge on any atom is -0.374 e. The van der Waals surface area contributed by atoms with E-state index in [2.05, 4.69) is 35.2 Å². The fourth-order valence-electron chi connectivity index (χ4n) is 3.17. The predicted molar refractivity (Wildman–Crippen MR) is 85.6 cm³/mol. The zero-order valence-corrected chi connectivity index (χ0v) is 13.9. The van der Waals surface area contributed by atoms with Gasteiger partial charge in [0.05, 0.1) is 18.4 Å². The number of ether oxygens (including phenoxy) is 1. The summed E-state index contributed by atoms with van der Waals surface area (Å²) in [5.74, 6) is 0. The molecule has 0 saturated carbocycles. The van der Waals surface area contributed by atoms with Crippen molar-refractivity contribution in [1.29, 1.82) is 0 Å². The Kier molecular flexibility index (Phi) is 6.21. The van der Waals surface area contributed by atoms with E-state index in [4.69, 9.17) is 4.74 Å². The van der Waals surface area contributed by atoms with Crippen LogP contribution in [0.15, 0.2) is 6.07 Å². The summed E-state index contributed by atoms with van der Waals surface area (Å²) < 4.78 is 8.05. The summed E-state index contributed by atoms with van der Waals surface area (Å²) >= 11 is 0. The normalized spacial score (nSPS) is 21.6. The minimum absolute atomic E-state index is 0.264. The van der Waals surface area contributed by atoms with Gasteiger partial charge in [0.25, 0.3) is 0 Å². The topological polar surface area (TPSA) is 42.3 Å². The van der Waals surface area contributed by atoms with Gasteiger partial charge >= 0.3 is 0 Å². The quantitative estimate of drug-likeness (QED) is 0.824. The summed E-state index contributed by atoms with van der Waals surface area (Å²) in [6, 6.07) is 2.53. The molecule has 5 nitrogen and oxygen atoms in total. The molecule has 2 unspecified atom stereocenters. The zero-order chi connectivity index (χ0) is 15.2. The number of nitrogens with one attached hydrogen (secondary N) is 1. The van der Waals surface area contributed by atoms with Gasteiger partial charge in [0.2, 0.25) is 0 Å². The van der Waals surface area contributed by atoms with Crippen LogP contribution in [0.5, 0.6) is 0 Å². The molecule has 120 valence electrons. The smallest absolute Gasteiger partial charge is 0.0859 e. The number of nitrogens with zero attached hydrogens (tertiary/aromatic N) is 3. The summed E-state index contributed by atoms with van der Waals surface area (Å²) in [4.78, 5) is 2.52. The first kappa shape index (κ1) is 16.5. The van der Waals surface area contributed by atoms with E-state index in [0.717, 1.165) is 38.4 Å². The number of rotatable bonds is 7. The third-order valence-corrected chi connectivity index (χ3v) is 4.16. The second kappa shape index (κ2) is 7.92.